The maximum absolute atomic E-state index is 10.3. The Bertz CT molecular complexity index is 497. The number of aromatic nitrogens is 3. The van der Waals surface area contributed by atoms with Crippen LogP contribution in [0.1, 0.15) is 16.8 Å². The van der Waals surface area contributed by atoms with E-state index in [1.807, 2.05) is 19.5 Å². The van der Waals surface area contributed by atoms with Gasteiger partial charge in [-0.3, -0.25) is 4.68 Å². The minimum absolute atomic E-state index is 0.469. The van der Waals surface area contributed by atoms with Crippen molar-refractivity contribution in [1.29, 1.82) is 0 Å². The van der Waals surface area contributed by atoms with Gasteiger partial charge in [0.15, 0.2) is 0 Å². The Labute approximate surface area is 115 Å². The van der Waals surface area contributed by atoms with E-state index in [1.54, 1.807) is 17.1 Å². The van der Waals surface area contributed by atoms with E-state index < -0.39 is 6.10 Å². The Morgan fingerprint density at radius 3 is 2.94 bits per heavy atom. The number of rotatable bonds is 5. The largest absolute Gasteiger partial charge is 0.379 e. The molecular formula is C11H15ClN4OS. The topological polar surface area (TPSA) is 54.2 Å². The number of halogens is 1. The minimum atomic E-state index is -0.817. The highest BCUT2D eigenvalue weighted by molar-refractivity contribution is 7.09. The zero-order valence-electron chi connectivity index (χ0n) is 10.2. The van der Waals surface area contributed by atoms with Crippen molar-refractivity contribution in [3.8, 4) is 0 Å². The fourth-order valence-electron chi connectivity index (χ4n) is 1.60. The Kier molecular flexibility index (Phi) is 4.34. The summed E-state index contributed by atoms with van der Waals surface area (Å²) in [6.45, 7) is 1.51. The summed E-state index contributed by atoms with van der Waals surface area (Å²) in [5.41, 5.74) is 0.605. The summed E-state index contributed by atoms with van der Waals surface area (Å²) < 4.78 is 1.73. The molecule has 0 aliphatic rings. The summed E-state index contributed by atoms with van der Waals surface area (Å²) in [5, 5.41) is 17.4. The molecule has 0 aliphatic heterocycles. The first-order valence-corrected chi connectivity index (χ1v) is 6.78. The van der Waals surface area contributed by atoms with E-state index in [0.717, 1.165) is 6.54 Å². The van der Waals surface area contributed by atoms with E-state index in [1.165, 1.54) is 11.3 Å². The molecule has 0 spiro atoms. The second kappa shape index (κ2) is 5.79. The monoisotopic (exact) mass is 286 g/mol. The van der Waals surface area contributed by atoms with E-state index in [4.69, 9.17) is 11.6 Å². The lowest BCUT2D eigenvalue weighted by atomic mass is 10.2. The highest BCUT2D eigenvalue weighted by Crippen LogP contribution is 2.29. The van der Waals surface area contributed by atoms with Crippen LogP contribution >= 0.6 is 22.9 Å². The highest BCUT2D eigenvalue weighted by Gasteiger charge is 2.21. The van der Waals surface area contributed by atoms with Gasteiger partial charge in [0.05, 0.1) is 23.5 Å². The van der Waals surface area contributed by atoms with E-state index in [2.05, 4.69) is 15.0 Å². The zero-order valence-corrected chi connectivity index (χ0v) is 11.8. The van der Waals surface area contributed by atoms with Gasteiger partial charge >= 0.3 is 0 Å². The first-order valence-electron chi connectivity index (χ1n) is 5.53. The summed E-state index contributed by atoms with van der Waals surface area (Å²) in [6, 6.07) is 0. The number of likely N-dealkylation sites (N-methyl/N-ethyl adjacent to an activating group) is 1. The normalized spacial score (nSPS) is 13.2. The van der Waals surface area contributed by atoms with Crippen LogP contribution in [0.2, 0.25) is 5.02 Å². The van der Waals surface area contributed by atoms with Crippen molar-refractivity contribution in [2.75, 3.05) is 20.6 Å². The third kappa shape index (κ3) is 2.89. The van der Waals surface area contributed by atoms with Gasteiger partial charge in [-0.2, -0.15) is 5.10 Å². The lowest BCUT2D eigenvalue weighted by Crippen LogP contribution is -2.21. The first kappa shape index (κ1) is 13.5. The summed E-state index contributed by atoms with van der Waals surface area (Å²) in [7, 11) is 3.98. The van der Waals surface area contributed by atoms with Crippen LogP contribution in [-0.2, 0) is 6.54 Å². The average molecular weight is 287 g/mol. The Morgan fingerprint density at radius 2 is 2.33 bits per heavy atom. The fourth-order valence-corrected chi connectivity index (χ4v) is 2.47. The molecule has 98 valence electrons. The van der Waals surface area contributed by atoms with Crippen molar-refractivity contribution in [3.05, 3.63) is 33.5 Å². The summed E-state index contributed by atoms with van der Waals surface area (Å²) in [6.07, 6.45) is 2.41. The number of nitrogens with zero attached hydrogens (tertiary/aromatic N) is 4. The summed E-state index contributed by atoms with van der Waals surface area (Å²) in [5.74, 6) is 0. The first-order chi connectivity index (χ1) is 8.59. The summed E-state index contributed by atoms with van der Waals surface area (Å²) in [4.78, 5) is 6.16. The second-order valence-corrected chi connectivity index (χ2v) is 5.51. The van der Waals surface area contributed by atoms with Gasteiger partial charge < -0.3 is 10.0 Å². The van der Waals surface area contributed by atoms with Crippen molar-refractivity contribution in [2.45, 2.75) is 12.6 Å². The van der Waals surface area contributed by atoms with Crippen LogP contribution in [-0.4, -0.2) is 45.4 Å². The molecule has 0 amide bonds. The molecule has 7 heteroatoms. The zero-order chi connectivity index (χ0) is 13.1. The van der Waals surface area contributed by atoms with Crippen molar-refractivity contribution < 1.29 is 5.11 Å². The van der Waals surface area contributed by atoms with Crippen LogP contribution in [0.5, 0.6) is 0 Å². The quantitative estimate of drug-likeness (QED) is 0.908. The number of aliphatic hydroxyl groups excluding tert-OH is 1. The van der Waals surface area contributed by atoms with E-state index in [-0.39, 0.29) is 0 Å². The number of hydrogen-bond acceptors (Lipinski definition) is 5. The Balaban J connectivity index is 2.23. The molecule has 2 heterocycles. The maximum Gasteiger partial charge on any atom is 0.148 e. The van der Waals surface area contributed by atoms with Crippen LogP contribution in [0.4, 0.5) is 0 Å². The smallest absolute Gasteiger partial charge is 0.148 e. The van der Waals surface area contributed by atoms with E-state index in [9.17, 15) is 5.11 Å². The molecule has 0 bridgehead atoms. The molecule has 2 rings (SSSR count). The van der Waals surface area contributed by atoms with Crippen LogP contribution in [0.3, 0.4) is 0 Å². The van der Waals surface area contributed by atoms with E-state index in [0.29, 0.717) is 22.3 Å². The molecule has 2 aromatic rings. The number of thiazole rings is 1. The molecule has 2 aromatic heterocycles. The molecule has 1 N–H and O–H groups in total. The van der Waals surface area contributed by atoms with Crippen LogP contribution in [0.25, 0.3) is 0 Å². The minimum Gasteiger partial charge on any atom is -0.379 e. The Morgan fingerprint density at radius 1 is 1.56 bits per heavy atom. The van der Waals surface area contributed by atoms with E-state index >= 15 is 0 Å². The summed E-state index contributed by atoms with van der Waals surface area (Å²) >= 11 is 7.49. The maximum atomic E-state index is 10.3. The highest BCUT2D eigenvalue weighted by atomic mass is 35.5. The van der Waals surface area contributed by atoms with Gasteiger partial charge in [0.25, 0.3) is 0 Å². The molecule has 0 fully saturated rings. The Hall–Kier alpha value is -0.950. The van der Waals surface area contributed by atoms with Crippen molar-refractivity contribution in [1.82, 2.24) is 19.7 Å². The molecule has 0 radical (unpaired) electrons. The van der Waals surface area contributed by atoms with Crippen LogP contribution in [0.15, 0.2) is 17.8 Å². The average Bonchev–Trinajstić information content (AvgIpc) is 2.94. The third-order valence-corrected chi connectivity index (χ3v) is 3.66. The predicted octanol–water partition coefficient (Wildman–Crippen LogP) is 1.64. The number of hydrogen-bond donors (Lipinski definition) is 1. The number of aliphatic hydroxyl groups is 1. The van der Waals surface area contributed by atoms with Gasteiger partial charge in [0.2, 0.25) is 0 Å². The van der Waals surface area contributed by atoms with Gasteiger partial charge in [0.1, 0.15) is 11.1 Å². The van der Waals surface area contributed by atoms with Gasteiger partial charge in [-0.1, -0.05) is 11.6 Å². The van der Waals surface area contributed by atoms with Crippen LogP contribution < -0.4 is 0 Å². The van der Waals surface area contributed by atoms with Gasteiger partial charge in [-0.05, 0) is 14.1 Å². The predicted molar refractivity (Wildman–Crippen MR) is 72.0 cm³/mol. The SMILES string of the molecule is CN(C)CCn1ncc(Cl)c1C(O)c1nccs1. The second-order valence-electron chi connectivity index (χ2n) is 4.18. The van der Waals surface area contributed by atoms with Crippen molar-refractivity contribution in [3.63, 3.8) is 0 Å². The van der Waals surface area contributed by atoms with Gasteiger partial charge in [-0.15, -0.1) is 11.3 Å². The lowest BCUT2D eigenvalue weighted by Gasteiger charge is -2.14. The van der Waals surface area contributed by atoms with Crippen LogP contribution in [0, 0.1) is 0 Å². The standard InChI is InChI=1S/C11H15ClN4OS/c1-15(2)4-5-16-9(8(12)7-14-16)10(17)11-13-3-6-18-11/h3,6-7,10,17H,4-5H2,1-2H3. The molecule has 5 nitrogen and oxygen atoms in total. The molecule has 0 aromatic carbocycles. The lowest BCUT2D eigenvalue weighted by molar-refractivity contribution is 0.205. The van der Waals surface area contributed by atoms with Gasteiger partial charge in [0, 0.05) is 18.1 Å². The molecule has 18 heavy (non-hydrogen) atoms. The molecule has 0 saturated heterocycles. The molecule has 0 saturated carbocycles. The molecule has 1 unspecified atom stereocenters. The molecular weight excluding hydrogens is 272 g/mol. The third-order valence-electron chi connectivity index (χ3n) is 2.54. The van der Waals surface area contributed by atoms with Gasteiger partial charge in [-0.25, -0.2) is 4.98 Å². The fraction of sp³-hybridized carbons (Fsp3) is 0.455. The molecule has 1 atom stereocenters. The molecule has 0 aliphatic carbocycles. The van der Waals surface area contributed by atoms with Crippen molar-refractivity contribution in [2.24, 2.45) is 0 Å². The van der Waals surface area contributed by atoms with Crippen molar-refractivity contribution >= 4 is 22.9 Å².